The van der Waals surface area contributed by atoms with E-state index in [-0.39, 0.29) is 0 Å². The van der Waals surface area contributed by atoms with Crippen LogP contribution in [-0.4, -0.2) is 0 Å². The molecule has 0 aliphatic heterocycles. The first kappa shape index (κ1) is 14.0. The molecule has 0 amide bonds. The average Bonchev–Trinajstić information content (AvgIpc) is 2.15. The number of nitrogen functional groups attached to an aromatic ring is 1. The lowest BCUT2D eigenvalue weighted by Gasteiger charge is -2.10. The Morgan fingerprint density at radius 1 is 1.29 bits per heavy atom. The standard InChI is InChI=1S/C15H18IN/c1-10(2)8-11(3)15(12(4)16)13-6-5-7-14(17)9-13/h5-9H,4,17H2,1-3H3/b15-11+. The minimum Gasteiger partial charge on any atom is -0.399 e. The lowest BCUT2D eigenvalue weighted by molar-refractivity contribution is 1.35. The Hall–Kier alpha value is -1.03. The fourth-order valence-electron chi connectivity index (χ4n) is 1.80. The molecule has 2 N–H and O–H groups in total. The predicted molar refractivity (Wildman–Crippen MR) is 86.0 cm³/mol. The Labute approximate surface area is 117 Å². The van der Waals surface area contributed by atoms with Gasteiger partial charge >= 0.3 is 0 Å². The van der Waals surface area contributed by atoms with Gasteiger partial charge in [0.05, 0.1) is 0 Å². The van der Waals surface area contributed by atoms with E-state index >= 15 is 0 Å². The van der Waals surface area contributed by atoms with E-state index in [0.29, 0.717) is 0 Å². The molecular weight excluding hydrogens is 321 g/mol. The molecule has 0 heterocycles. The van der Waals surface area contributed by atoms with Crippen LogP contribution in [0.4, 0.5) is 5.69 Å². The zero-order valence-corrected chi connectivity index (χ0v) is 12.7. The second-order valence-corrected chi connectivity index (χ2v) is 5.61. The lowest BCUT2D eigenvalue weighted by Crippen LogP contribution is -1.91. The van der Waals surface area contributed by atoms with Crippen LogP contribution in [0.2, 0.25) is 0 Å². The normalized spacial score (nSPS) is 11.8. The molecule has 1 nitrogen and oxygen atoms in total. The number of allylic oxidation sites excluding steroid dienone is 5. The van der Waals surface area contributed by atoms with Gasteiger partial charge < -0.3 is 5.73 Å². The fraction of sp³-hybridized carbons (Fsp3) is 0.200. The topological polar surface area (TPSA) is 26.0 Å². The first-order chi connectivity index (χ1) is 7.91. The molecule has 0 saturated heterocycles. The molecule has 0 unspecified atom stereocenters. The second-order valence-electron chi connectivity index (χ2n) is 4.31. The van der Waals surface area contributed by atoms with Crippen LogP contribution in [0.15, 0.2) is 51.6 Å². The van der Waals surface area contributed by atoms with Gasteiger partial charge in [-0.25, -0.2) is 0 Å². The molecule has 1 aromatic carbocycles. The van der Waals surface area contributed by atoms with Crippen LogP contribution in [0, 0.1) is 0 Å². The van der Waals surface area contributed by atoms with E-state index < -0.39 is 0 Å². The van der Waals surface area contributed by atoms with Gasteiger partial charge in [0.25, 0.3) is 0 Å². The fourth-order valence-corrected chi connectivity index (χ4v) is 2.53. The highest BCUT2D eigenvalue weighted by Gasteiger charge is 2.07. The first-order valence-corrected chi connectivity index (χ1v) is 6.56. The monoisotopic (exact) mass is 339 g/mol. The summed E-state index contributed by atoms with van der Waals surface area (Å²) in [4.78, 5) is 0. The molecule has 0 saturated carbocycles. The largest absolute Gasteiger partial charge is 0.399 e. The van der Waals surface area contributed by atoms with E-state index in [1.807, 2.05) is 18.2 Å². The van der Waals surface area contributed by atoms with Crippen molar-refractivity contribution in [1.29, 1.82) is 0 Å². The maximum atomic E-state index is 5.83. The number of benzene rings is 1. The summed E-state index contributed by atoms with van der Waals surface area (Å²) in [6, 6.07) is 7.92. The summed E-state index contributed by atoms with van der Waals surface area (Å²) in [6.45, 7) is 10.3. The van der Waals surface area contributed by atoms with E-state index in [1.54, 1.807) is 0 Å². The summed E-state index contributed by atoms with van der Waals surface area (Å²) < 4.78 is 1.03. The average molecular weight is 339 g/mol. The van der Waals surface area contributed by atoms with Gasteiger partial charge in [-0.15, -0.1) is 0 Å². The van der Waals surface area contributed by atoms with Crippen LogP contribution in [0.25, 0.3) is 5.57 Å². The molecule has 1 aromatic rings. The van der Waals surface area contributed by atoms with E-state index in [1.165, 1.54) is 16.7 Å². The SMILES string of the molecule is C=C(I)/C(=C(/C)C=C(C)C)c1cccc(N)c1. The highest BCUT2D eigenvalue weighted by Crippen LogP contribution is 2.31. The van der Waals surface area contributed by atoms with Crippen molar-refractivity contribution in [2.45, 2.75) is 20.8 Å². The molecule has 0 fully saturated rings. The van der Waals surface area contributed by atoms with E-state index in [4.69, 9.17) is 5.73 Å². The molecule has 0 spiro atoms. The van der Waals surface area contributed by atoms with Crippen LogP contribution in [0.1, 0.15) is 26.3 Å². The van der Waals surface area contributed by atoms with Gasteiger partial charge in [-0.3, -0.25) is 0 Å². The Balaban J connectivity index is 3.38. The van der Waals surface area contributed by atoms with Crippen LogP contribution >= 0.6 is 22.6 Å². The zero-order valence-electron chi connectivity index (χ0n) is 10.5. The third kappa shape index (κ3) is 4.04. The number of anilines is 1. The van der Waals surface area contributed by atoms with Gasteiger partial charge in [0.1, 0.15) is 0 Å². The lowest BCUT2D eigenvalue weighted by atomic mass is 9.99. The van der Waals surface area contributed by atoms with Crippen molar-refractivity contribution in [3.05, 3.63) is 57.2 Å². The molecule has 90 valence electrons. The molecule has 17 heavy (non-hydrogen) atoms. The maximum Gasteiger partial charge on any atom is 0.0320 e. The van der Waals surface area contributed by atoms with Crippen LogP contribution in [0.3, 0.4) is 0 Å². The number of hydrogen-bond acceptors (Lipinski definition) is 1. The van der Waals surface area contributed by atoms with Gasteiger partial charge in [-0.2, -0.15) is 0 Å². The van der Waals surface area contributed by atoms with Gasteiger partial charge in [-0.1, -0.05) is 30.4 Å². The van der Waals surface area contributed by atoms with Gasteiger partial charge in [0.15, 0.2) is 0 Å². The highest BCUT2D eigenvalue weighted by atomic mass is 127. The molecule has 0 aliphatic rings. The molecule has 0 aliphatic carbocycles. The zero-order chi connectivity index (χ0) is 13.0. The maximum absolute atomic E-state index is 5.83. The summed E-state index contributed by atoms with van der Waals surface area (Å²) in [5.41, 5.74) is 11.4. The van der Waals surface area contributed by atoms with Crippen LogP contribution < -0.4 is 5.73 Å². The van der Waals surface area contributed by atoms with Crippen molar-refractivity contribution in [3.63, 3.8) is 0 Å². The molecule has 0 bridgehead atoms. The van der Waals surface area contributed by atoms with Crippen molar-refractivity contribution in [2.24, 2.45) is 0 Å². The number of halogens is 1. The van der Waals surface area contributed by atoms with Crippen molar-refractivity contribution < 1.29 is 0 Å². The van der Waals surface area contributed by atoms with Gasteiger partial charge in [-0.05, 0) is 72.2 Å². The minimum absolute atomic E-state index is 0.780. The van der Waals surface area contributed by atoms with Crippen molar-refractivity contribution in [3.8, 4) is 0 Å². The van der Waals surface area contributed by atoms with E-state index in [0.717, 1.165) is 14.8 Å². The highest BCUT2D eigenvalue weighted by molar-refractivity contribution is 14.1. The van der Waals surface area contributed by atoms with Crippen molar-refractivity contribution in [2.75, 3.05) is 5.73 Å². The third-order valence-electron chi connectivity index (χ3n) is 2.35. The Bertz CT molecular complexity index is 491. The predicted octanol–water partition coefficient (Wildman–Crippen LogP) is 4.96. The molecule has 0 atom stereocenters. The second kappa shape index (κ2) is 6.05. The number of nitrogens with two attached hydrogens (primary N) is 1. The molecule has 1 rings (SSSR count). The summed E-state index contributed by atoms with van der Waals surface area (Å²) in [6.07, 6.45) is 2.17. The van der Waals surface area contributed by atoms with Gasteiger partial charge in [0.2, 0.25) is 0 Å². The summed E-state index contributed by atoms with van der Waals surface area (Å²) >= 11 is 2.26. The molecule has 2 heteroatoms. The Kier molecular flexibility index (Phi) is 5.00. The van der Waals surface area contributed by atoms with E-state index in [9.17, 15) is 0 Å². The quantitative estimate of drug-likeness (QED) is 0.470. The number of hydrogen-bond donors (Lipinski definition) is 1. The van der Waals surface area contributed by atoms with Crippen LogP contribution in [0.5, 0.6) is 0 Å². The first-order valence-electron chi connectivity index (χ1n) is 5.48. The Morgan fingerprint density at radius 2 is 1.94 bits per heavy atom. The molecule has 0 radical (unpaired) electrons. The molecular formula is C15H18IN. The summed E-state index contributed by atoms with van der Waals surface area (Å²) in [5, 5.41) is 0. The van der Waals surface area contributed by atoms with Crippen molar-refractivity contribution in [1.82, 2.24) is 0 Å². The van der Waals surface area contributed by atoms with E-state index in [2.05, 4.69) is 62.1 Å². The summed E-state index contributed by atoms with van der Waals surface area (Å²) in [5.74, 6) is 0. The minimum atomic E-state index is 0.780. The number of rotatable bonds is 3. The molecule has 0 aromatic heterocycles. The van der Waals surface area contributed by atoms with Crippen molar-refractivity contribution >= 4 is 33.9 Å². The van der Waals surface area contributed by atoms with Gasteiger partial charge in [0, 0.05) is 9.27 Å². The smallest absolute Gasteiger partial charge is 0.0320 e. The summed E-state index contributed by atoms with van der Waals surface area (Å²) in [7, 11) is 0. The van der Waals surface area contributed by atoms with Crippen LogP contribution in [-0.2, 0) is 0 Å². The third-order valence-corrected chi connectivity index (χ3v) is 2.89. The Morgan fingerprint density at radius 3 is 2.41 bits per heavy atom.